The van der Waals surface area contributed by atoms with Gasteiger partial charge in [-0.05, 0) is 96.6 Å². The zero-order valence-corrected chi connectivity index (χ0v) is 24.6. The zero-order chi connectivity index (χ0) is 27.2. The molecule has 0 N–H and O–H groups in total. The lowest BCUT2D eigenvalue weighted by atomic mass is 9.89. The minimum atomic E-state index is -0.0414. The molecular formula is C30H22ClN5OS3. The molecule has 10 heteroatoms. The van der Waals surface area contributed by atoms with E-state index in [0.29, 0.717) is 16.1 Å². The molecule has 198 valence electrons. The first-order valence-corrected chi connectivity index (χ1v) is 15.7. The summed E-state index contributed by atoms with van der Waals surface area (Å²) in [5.74, 6) is 0.612. The molecule has 0 spiro atoms. The Labute approximate surface area is 247 Å². The van der Waals surface area contributed by atoms with Crippen LogP contribution in [0.15, 0.2) is 87.6 Å². The lowest BCUT2D eigenvalue weighted by Gasteiger charge is -2.17. The lowest BCUT2D eigenvalue weighted by Crippen LogP contribution is -2.22. The van der Waals surface area contributed by atoms with E-state index in [-0.39, 0.29) is 5.56 Å². The molecule has 1 aromatic carbocycles. The van der Waals surface area contributed by atoms with Crippen LogP contribution in [0.3, 0.4) is 0 Å². The van der Waals surface area contributed by atoms with E-state index in [2.05, 4.69) is 16.9 Å². The van der Waals surface area contributed by atoms with Crippen molar-refractivity contribution in [3.8, 4) is 27.4 Å². The van der Waals surface area contributed by atoms with E-state index in [1.54, 1.807) is 58.0 Å². The van der Waals surface area contributed by atoms with Gasteiger partial charge in [0.15, 0.2) is 9.50 Å². The third kappa shape index (κ3) is 4.66. The van der Waals surface area contributed by atoms with Gasteiger partial charge in [0.05, 0.1) is 21.6 Å². The minimum Gasteiger partial charge on any atom is -0.268 e. The second-order valence-electron chi connectivity index (χ2n) is 9.78. The third-order valence-corrected chi connectivity index (χ3v) is 10.6. The Kier molecular flexibility index (Phi) is 6.75. The summed E-state index contributed by atoms with van der Waals surface area (Å²) in [5, 5.41) is 1.95. The molecule has 6 nitrogen and oxygen atoms in total. The summed E-state index contributed by atoms with van der Waals surface area (Å²) in [4.78, 5) is 35.9. The van der Waals surface area contributed by atoms with Gasteiger partial charge < -0.3 is 0 Å². The average molecular weight is 600 g/mol. The molecule has 5 heterocycles. The molecule has 0 radical (unpaired) electrons. The number of pyridine rings is 2. The Morgan fingerprint density at radius 2 is 1.80 bits per heavy atom. The second kappa shape index (κ2) is 10.6. The van der Waals surface area contributed by atoms with Crippen molar-refractivity contribution >= 4 is 56.3 Å². The summed E-state index contributed by atoms with van der Waals surface area (Å²) in [5.41, 5.74) is 4.65. The number of fused-ring (bicyclic) bond motifs is 3. The fraction of sp³-hybridized carbons (Fsp3) is 0.167. The molecule has 0 saturated heterocycles. The second-order valence-corrected chi connectivity index (χ2v) is 13.5. The third-order valence-electron chi connectivity index (χ3n) is 7.05. The van der Waals surface area contributed by atoms with Crippen LogP contribution in [0, 0.1) is 5.92 Å². The lowest BCUT2D eigenvalue weighted by molar-refractivity contribution is 0.509. The molecular weight excluding hydrogens is 578 g/mol. The standard InChI is InChI=1S/C30H22ClN5OS3/c1-17-4-9-22-23(15-17)38-27-24(22)28(37)36(21-7-5-20(31)6-8-21)29(35-27)40-30-34-25(19-3-2-12-33-16-19)26(39-30)18-10-13-32-14-11-18/h2-3,5-8,10-14,16-17H,4,9,15H2,1H3. The number of thiazole rings is 1. The predicted octanol–water partition coefficient (Wildman–Crippen LogP) is 7.96. The molecule has 1 atom stereocenters. The van der Waals surface area contributed by atoms with Gasteiger partial charge in [0.1, 0.15) is 4.83 Å². The number of nitrogens with zero attached hydrogens (tertiary/aromatic N) is 5. The molecule has 0 aliphatic heterocycles. The summed E-state index contributed by atoms with van der Waals surface area (Å²) in [6.07, 6.45) is 10.1. The van der Waals surface area contributed by atoms with Crippen molar-refractivity contribution in [2.45, 2.75) is 35.7 Å². The number of aromatic nitrogens is 5. The van der Waals surface area contributed by atoms with Gasteiger partial charge in [-0.25, -0.2) is 9.97 Å². The van der Waals surface area contributed by atoms with Gasteiger partial charge in [0, 0.05) is 40.3 Å². The molecule has 1 aliphatic rings. The van der Waals surface area contributed by atoms with Crippen LogP contribution in [0.2, 0.25) is 5.02 Å². The normalized spacial score (nSPS) is 14.9. The molecule has 7 rings (SSSR count). The molecule has 0 amide bonds. The van der Waals surface area contributed by atoms with E-state index in [0.717, 1.165) is 61.2 Å². The molecule has 0 saturated carbocycles. The Morgan fingerprint density at radius 1 is 0.975 bits per heavy atom. The first-order chi connectivity index (χ1) is 19.5. The van der Waals surface area contributed by atoms with Crippen molar-refractivity contribution in [1.82, 2.24) is 24.5 Å². The molecule has 1 unspecified atom stereocenters. The number of thiophene rings is 1. The smallest absolute Gasteiger partial charge is 0.267 e. The van der Waals surface area contributed by atoms with E-state index in [4.69, 9.17) is 21.6 Å². The van der Waals surface area contributed by atoms with Crippen LogP contribution in [0.5, 0.6) is 0 Å². The van der Waals surface area contributed by atoms with Crippen LogP contribution in [-0.2, 0) is 12.8 Å². The predicted molar refractivity (Wildman–Crippen MR) is 164 cm³/mol. The van der Waals surface area contributed by atoms with Gasteiger partial charge in [0.25, 0.3) is 5.56 Å². The summed E-state index contributed by atoms with van der Waals surface area (Å²) in [6.45, 7) is 2.27. The monoisotopic (exact) mass is 599 g/mol. The largest absolute Gasteiger partial charge is 0.268 e. The highest BCUT2D eigenvalue weighted by Crippen LogP contribution is 2.43. The highest BCUT2D eigenvalue weighted by atomic mass is 35.5. The van der Waals surface area contributed by atoms with Gasteiger partial charge >= 0.3 is 0 Å². The highest BCUT2D eigenvalue weighted by Gasteiger charge is 2.26. The molecule has 0 bridgehead atoms. The van der Waals surface area contributed by atoms with Gasteiger partial charge in [-0.1, -0.05) is 18.5 Å². The van der Waals surface area contributed by atoms with Gasteiger partial charge in [-0.3, -0.25) is 19.3 Å². The SMILES string of the molecule is CC1CCc2c(sc3nc(Sc4nc(-c5cccnc5)c(-c5ccncc5)s4)n(-c4ccc(Cl)cc4)c(=O)c23)C1. The number of rotatable bonds is 5. The number of hydrogen-bond acceptors (Lipinski definition) is 8. The Bertz CT molecular complexity index is 1840. The van der Waals surface area contributed by atoms with Crippen molar-refractivity contribution in [3.63, 3.8) is 0 Å². The topological polar surface area (TPSA) is 73.6 Å². The van der Waals surface area contributed by atoms with Gasteiger partial charge in [-0.2, -0.15) is 0 Å². The van der Waals surface area contributed by atoms with Crippen LogP contribution in [0.1, 0.15) is 23.8 Å². The van der Waals surface area contributed by atoms with Crippen molar-refractivity contribution in [2.75, 3.05) is 0 Å². The summed E-state index contributed by atoms with van der Waals surface area (Å²) in [6, 6.07) is 15.2. The molecule has 0 fully saturated rings. The fourth-order valence-electron chi connectivity index (χ4n) is 5.08. The first-order valence-electron chi connectivity index (χ1n) is 12.9. The summed E-state index contributed by atoms with van der Waals surface area (Å²) >= 11 is 10.8. The number of halogens is 1. The maximum atomic E-state index is 14.2. The van der Waals surface area contributed by atoms with E-state index < -0.39 is 0 Å². The maximum absolute atomic E-state index is 14.2. The number of benzene rings is 1. The maximum Gasteiger partial charge on any atom is 0.267 e. The van der Waals surface area contributed by atoms with Crippen LogP contribution >= 0.6 is 46.0 Å². The van der Waals surface area contributed by atoms with Gasteiger partial charge in [0.2, 0.25) is 0 Å². The van der Waals surface area contributed by atoms with Crippen molar-refractivity contribution in [3.05, 3.63) is 99.1 Å². The number of hydrogen-bond donors (Lipinski definition) is 0. The number of aryl methyl sites for hydroxylation is 1. The van der Waals surface area contributed by atoms with E-state index in [1.165, 1.54) is 22.2 Å². The molecule has 5 aromatic heterocycles. The van der Waals surface area contributed by atoms with Crippen molar-refractivity contribution < 1.29 is 0 Å². The summed E-state index contributed by atoms with van der Waals surface area (Å²) in [7, 11) is 0. The van der Waals surface area contributed by atoms with Crippen LogP contribution < -0.4 is 5.56 Å². The van der Waals surface area contributed by atoms with E-state index >= 15 is 0 Å². The first kappa shape index (κ1) is 25.6. The Hall–Kier alpha value is -3.37. The Morgan fingerprint density at radius 3 is 2.58 bits per heavy atom. The van der Waals surface area contributed by atoms with Crippen LogP contribution in [0.4, 0.5) is 0 Å². The van der Waals surface area contributed by atoms with Crippen LogP contribution in [0.25, 0.3) is 37.6 Å². The molecule has 6 aromatic rings. The van der Waals surface area contributed by atoms with E-state index in [1.807, 2.05) is 42.6 Å². The molecule has 1 aliphatic carbocycles. The van der Waals surface area contributed by atoms with Gasteiger partial charge in [-0.15, -0.1) is 22.7 Å². The zero-order valence-electron chi connectivity index (χ0n) is 21.4. The quantitative estimate of drug-likeness (QED) is 0.187. The Balaban J connectivity index is 1.41. The van der Waals surface area contributed by atoms with Crippen molar-refractivity contribution in [1.29, 1.82) is 0 Å². The van der Waals surface area contributed by atoms with Crippen molar-refractivity contribution in [2.24, 2.45) is 5.92 Å². The van der Waals surface area contributed by atoms with E-state index in [9.17, 15) is 4.79 Å². The fourth-order valence-corrected chi connectivity index (χ4v) is 8.81. The average Bonchev–Trinajstić information content (AvgIpc) is 3.56. The molecule has 40 heavy (non-hydrogen) atoms. The minimum absolute atomic E-state index is 0.0414. The van der Waals surface area contributed by atoms with Crippen LogP contribution in [-0.4, -0.2) is 24.5 Å². The highest BCUT2D eigenvalue weighted by molar-refractivity contribution is 8.01. The summed E-state index contributed by atoms with van der Waals surface area (Å²) < 4.78 is 2.50.